The third kappa shape index (κ3) is 3.64. The Bertz CT molecular complexity index is 1110. The van der Waals surface area contributed by atoms with Crippen molar-refractivity contribution in [1.82, 2.24) is 10.3 Å². The van der Waals surface area contributed by atoms with Gasteiger partial charge in [0.2, 0.25) is 0 Å². The third-order valence-corrected chi connectivity index (χ3v) is 5.55. The summed E-state index contributed by atoms with van der Waals surface area (Å²) in [5, 5.41) is 8.76. The van der Waals surface area contributed by atoms with Gasteiger partial charge >= 0.3 is 6.03 Å². The first kappa shape index (κ1) is 17.5. The van der Waals surface area contributed by atoms with E-state index in [0.717, 1.165) is 21.2 Å². The van der Waals surface area contributed by atoms with Crippen LogP contribution in [0, 0.1) is 0 Å². The molecule has 0 radical (unpaired) electrons. The van der Waals surface area contributed by atoms with Crippen LogP contribution < -0.4 is 10.6 Å². The molecule has 4 rings (SSSR count). The summed E-state index contributed by atoms with van der Waals surface area (Å²) in [6.45, 7) is 4.77. The van der Waals surface area contributed by atoms with E-state index < -0.39 is 0 Å². The molecule has 0 aliphatic rings. The second-order valence-electron chi connectivity index (χ2n) is 6.81. The average molecular weight is 375 g/mol. The zero-order valence-electron chi connectivity index (χ0n) is 15.3. The minimum atomic E-state index is -0.243. The summed E-state index contributed by atoms with van der Waals surface area (Å²) in [7, 11) is 0. The van der Waals surface area contributed by atoms with Crippen molar-refractivity contribution in [3.05, 3.63) is 71.8 Å². The van der Waals surface area contributed by atoms with Crippen LogP contribution >= 0.6 is 11.3 Å². The minimum Gasteiger partial charge on any atom is -0.334 e. The number of amides is 2. The first-order valence-corrected chi connectivity index (χ1v) is 9.84. The standard InChI is InChI=1S/C22H21N3OS/c1-14(2)17-11-6-12-19-20(17)24-22(27-19)25-21(26)23-13-16-9-5-8-15-7-3-4-10-18(15)16/h3-12,14H,13H2,1-2H3,(H2,23,24,25,26). The number of carbonyl (C=O) groups is 1. The van der Waals surface area contributed by atoms with Gasteiger partial charge in [-0.2, -0.15) is 0 Å². The molecule has 0 saturated heterocycles. The maximum Gasteiger partial charge on any atom is 0.321 e. The van der Waals surface area contributed by atoms with Crippen LogP contribution in [0.1, 0.15) is 30.9 Å². The number of hydrogen-bond donors (Lipinski definition) is 2. The topological polar surface area (TPSA) is 54.0 Å². The van der Waals surface area contributed by atoms with Gasteiger partial charge in [-0.25, -0.2) is 9.78 Å². The molecule has 0 unspecified atom stereocenters. The van der Waals surface area contributed by atoms with Crippen molar-refractivity contribution in [3.63, 3.8) is 0 Å². The van der Waals surface area contributed by atoms with Crippen molar-refractivity contribution in [2.24, 2.45) is 0 Å². The van der Waals surface area contributed by atoms with Gasteiger partial charge in [0.25, 0.3) is 0 Å². The molecule has 0 spiro atoms. The van der Waals surface area contributed by atoms with Gasteiger partial charge in [0, 0.05) is 6.54 Å². The van der Waals surface area contributed by atoms with Crippen LogP contribution in [0.15, 0.2) is 60.7 Å². The number of rotatable bonds is 4. The predicted octanol–water partition coefficient (Wildman–Crippen LogP) is 5.89. The maximum atomic E-state index is 12.4. The third-order valence-electron chi connectivity index (χ3n) is 4.61. The molecule has 4 nitrogen and oxygen atoms in total. The molecule has 0 aliphatic heterocycles. The number of nitrogens with one attached hydrogen (secondary N) is 2. The van der Waals surface area contributed by atoms with E-state index >= 15 is 0 Å². The molecular formula is C22H21N3OS. The van der Waals surface area contributed by atoms with E-state index in [0.29, 0.717) is 17.6 Å². The first-order valence-electron chi connectivity index (χ1n) is 9.03. The van der Waals surface area contributed by atoms with E-state index in [1.807, 2.05) is 36.4 Å². The second-order valence-corrected chi connectivity index (χ2v) is 7.84. The highest BCUT2D eigenvalue weighted by Crippen LogP contribution is 2.31. The Kier molecular flexibility index (Phi) is 4.77. The Morgan fingerprint density at radius 1 is 1.04 bits per heavy atom. The van der Waals surface area contributed by atoms with Crippen LogP contribution in [0.2, 0.25) is 0 Å². The number of nitrogens with zero attached hydrogens (tertiary/aromatic N) is 1. The first-order chi connectivity index (χ1) is 13.1. The fraction of sp³-hybridized carbons (Fsp3) is 0.182. The van der Waals surface area contributed by atoms with Crippen molar-refractivity contribution >= 4 is 43.5 Å². The van der Waals surface area contributed by atoms with E-state index in [-0.39, 0.29) is 6.03 Å². The van der Waals surface area contributed by atoms with Crippen LogP contribution in [-0.4, -0.2) is 11.0 Å². The number of anilines is 1. The maximum absolute atomic E-state index is 12.4. The summed E-state index contributed by atoms with van der Waals surface area (Å²) >= 11 is 1.50. The molecule has 136 valence electrons. The van der Waals surface area contributed by atoms with E-state index in [4.69, 9.17) is 0 Å². The number of thiazole rings is 1. The molecule has 0 atom stereocenters. The van der Waals surface area contributed by atoms with Crippen molar-refractivity contribution in [2.45, 2.75) is 26.3 Å². The number of hydrogen-bond acceptors (Lipinski definition) is 3. The molecule has 27 heavy (non-hydrogen) atoms. The van der Waals surface area contributed by atoms with Crippen LogP contribution in [0.4, 0.5) is 9.93 Å². The van der Waals surface area contributed by atoms with E-state index in [1.54, 1.807) is 0 Å². The van der Waals surface area contributed by atoms with Gasteiger partial charge in [-0.15, -0.1) is 0 Å². The van der Waals surface area contributed by atoms with Crippen LogP contribution in [0.25, 0.3) is 21.0 Å². The molecular weight excluding hydrogens is 354 g/mol. The van der Waals surface area contributed by atoms with Crippen LogP contribution in [0.5, 0.6) is 0 Å². The summed E-state index contributed by atoms with van der Waals surface area (Å²) < 4.78 is 1.09. The Labute approximate surface area is 162 Å². The predicted molar refractivity (Wildman–Crippen MR) is 114 cm³/mol. The quantitative estimate of drug-likeness (QED) is 0.467. The molecule has 4 aromatic rings. The molecule has 3 aromatic carbocycles. The highest BCUT2D eigenvalue weighted by molar-refractivity contribution is 7.22. The zero-order chi connectivity index (χ0) is 18.8. The number of urea groups is 1. The van der Waals surface area contributed by atoms with Gasteiger partial charge in [-0.05, 0) is 33.9 Å². The van der Waals surface area contributed by atoms with Gasteiger partial charge in [-0.3, -0.25) is 5.32 Å². The molecule has 2 amide bonds. The minimum absolute atomic E-state index is 0.243. The fourth-order valence-corrected chi connectivity index (χ4v) is 4.15. The highest BCUT2D eigenvalue weighted by Gasteiger charge is 2.12. The van der Waals surface area contributed by atoms with Gasteiger partial charge < -0.3 is 5.32 Å². The van der Waals surface area contributed by atoms with E-state index in [9.17, 15) is 4.79 Å². The van der Waals surface area contributed by atoms with Crippen molar-refractivity contribution in [2.75, 3.05) is 5.32 Å². The number of benzene rings is 3. The number of para-hydroxylation sites is 1. The molecule has 2 N–H and O–H groups in total. The van der Waals surface area contributed by atoms with Gasteiger partial charge in [-0.1, -0.05) is 79.8 Å². The number of carbonyl (C=O) groups excluding carboxylic acids is 1. The molecule has 0 fully saturated rings. The Balaban J connectivity index is 1.48. The number of fused-ring (bicyclic) bond motifs is 2. The largest absolute Gasteiger partial charge is 0.334 e. The number of aromatic nitrogens is 1. The second kappa shape index (κ2) is 7.37. The van der Waals surface area contributed by atoms with Gasteiger partial charge in [0.15, 0.2) is 5.13 Å². The smallest absolute Gasteiger partial charge is 0.321 e. The summed E-state index contributed by atoms with van der Waals surface area (Å²) in [5.74, 6) is 0.392. The lowest BCUT2D eigenvalue weighted by molar-refractivity contribution is 0.252. The Morgan fingerprint density at radius 3 is 2.67 bits per heavy atom. The van der Waals surface area contributed by atoms with Crippen molar-refractivity contribution < 1.29 is 4.79 Å². The molecule has 0 saturated carbocycles. The molecule has 1 heterocycles. The summed E-state index contributed by atoms with van der Waals surface area (Å²) in [4.78, 5) is 17.0. The van der Waals surface area contributed by atoms with Crippen LogP contribution in [0.3, 0.4) is 0 Å². The van der Waals surface area contributed by atoms with E-state index in [1.165, 1.54) is 22.3 Å². The molecule has 0 bridgehead atoms. The van der Waals surface area contributed by atoms with Gasteiger partial charge in [0.05, 0.1) is 10.2 Å². The summed E-state index contributed by atoms with van der Waals surface area (Å²) in [5.41, 5.74) is 3.27. The Morgan fingerprint density at radius 2 is 1.81 bits per heavy atom. The monoisotopic (exact) mass is 375 g/mol. The van der Waals surface area contributed by atoms with Crippen LogP contribution in [-0.2, 0) is 6.54 Å². The van der Waals surface area contributed by atoms with Gasteiger partial charge in [0.1, 0.15) is 0 Å². The fourth-order valence-electron chi connectivity index (χ4n) is 3.25. The molecule has 1 aromatic heterocycles. The summed E-state index contributed by atoms with van der Waals surface area (Å²) in [6.07, 6.45) is 0. The van der Waals surface area contributed by atoms with Crippen molar-refractivity contribution in [3.8, 4) is 0 Å². The Hall–Kier alpha value is -2.92. The SMILES string of the molecule is CC(C)c1cccc2sc(NC(=O)NCc3cccc4ccccc34)nc12. The molecule has 5 heteroatoms. The summed E-state index contributed by atoms with van der Waals surface area (Å²) in [6, 6.07) is 20.2. The highest BCUT2D eigenvalue weighted by atomic mass is 32.1. The lowest BCUT2D eigenvalue weighted by atomic mass is 10.0. The normalized spacial score (nSPS) is 11.2. The zero-order valence-corrected chi connectivity index (χ0v) is 16.1. The lowest BCUT2D eigenvalue weighted by Gasteiger charge is -2.08. The van der Waals surface area contributed by atoms with Crippen molar-refractivity contribution in [1.29, 1.82) is 0 Å². The molecule has 0 aliphatic carbocycles. The van der Waals surface area contributed by atoms with E-state index in [2.05, 4.69) is 53.7 Å². The average Bonchev–Trinajstić information content (AvgIpc) is 3.08. The lowest BCUT2D eigenvalue weighted by Crippen LogP contribution is -2.28.